The molecule has 8 heteroatoms. The van der Waals surface area contributed by atoms with Crippen LogP contribution < -0.4 is 19.5 Å². The first-order valence-corrected chi connectivity index (χ1v) is 10.5. The third-order valence-corrected chi connectivity index (χ3v) is 5.32. The second-order valence-electron chi connectivity index (χ2n) is 7.62. The van der Waals surface area contributed by atoms with Gasteiger partial charge in [0.25, 0.3) is 5.91 Å². The largest absolute Gasteiger partial charge is 0.497 e. The van der Waals surface area contributed by atoms with Crippen molar-refractivity contribution in [1.82, 2.24) is 14.8 Å². The number of amides is 1. The lowest BCUT2D eigenvalue weighted by Crippen LogP contribution is -2.30. The lowest BCUT2D eigenvalue weighted by Gasteiger charge is -2.16. The Morgan fingerprint density at radius 2 is 1.79 bits per heavy atom. The number of para-hydroxylation sites is 1. The molecule has 1 amide bonds. The minimum absolute atomic E-state index is 0.328. The minimum atomic E-state index is -0.796. The summed E-state index contributed by atoms with van der Waals surface area (Å²) in [5.41, 5.74) is 3.95. The molecular formula is C25H26N4O4. The number of nitrogens with zero attached hydrogens (tertiary/aromatic N) is 3. The molecule has 0 bridgehead atoms. The van der Waals surface area contributed by atoms with Crippen molar-refractivity contribution in [1.29, 1.82) is 0 Å². The van der Waals surface area contributed by atoms with E-state index in [1.54, 1.807) is 36.9 Å². The number of rotatable bonds is 7. The highest BCUT2D eigenvalue weighted by molar-refractivity contribution is 5.95. The fraction of sp³-hybridized carbons (Fsp3) is 0.240. The summed E-state index contributed by atoms with van der Waals surface area (Å²) in [6.45, 7) is 5.61. The van der Waals surface area contributed by atoms with E-state index < -0.39 is 6.10 Å². The number of fused-ring (bicyclic) bond motifs is 1. The topological polar surface area (TPSA) is 87.5 Å². The number of hydrogen-bond acceptors (Lipinski definition) is 6. The lowest BCUT2D eigenvalue weighted by molar-refractivity contribution is -0.122. The number of pyridine rings is 1. The van der Waals surface area contributed by atoms with Crippen LogP contribution in [0.2, 0.25) is 0 Å². The SMILES string of the molecule is COc1ccc(NC(=O)[C@H](C)Oc2cc(C)c3c(C)nn(-c4ccccc4)c3n2)c(OC)c1. The highest BCUT2D eigenvalue weighted by Gasteiger charge is 2.20. The Kier molecular flexibility index (Phi) is 6.17. The second kappa shape index (κ2) is 9.20. The van der Waals surface area contributed by atoms with Crippen LogP contribution in [0.15, 0.2) is 54.6 Å². The Morgan fingerprint density at radius 3 is 2.48 bits per heavy atom. The molecule has 0 aliphatic rings. The quantitative estimate of drug-likeness (QED) is 0.451. The van der Waals surface area contributed by atoms with E-state index in [2.05, 4.69) is 15.4 Å². The molecule has 4 aromatic rings. The van der Waals surface area contributed by atoms with E-state index in [0.717, 1.165) is 22.3 Å². The zero-order valence-corrected chi connectivity index (χ0v) is 19.2. The number of nitrogens with one attached hydrogen (secondary N) is 1. The van der Waals surface area contributed by atoms with Gasteiger partial charge in [-0.1, -0.05) is 18.2 Å². The van der Waals surface area contributed by atoms with Crippen LogP contribution in [0.25, 0.3) is 16.7 Å². The Bertz CT molecular complexity index is 1300. The van der Waals surface area contributed by atoms with Crippen molar-refractivity contribution < 1.29 is 19.0 Å². The van der Waals surface area contributed by atoms with E-state index in [0.29, 0.717) is 28.7 Å². The molecule has 2 heterocycles. The van der Waals surface area contributed by atoms with Crippen molar-refractivity contribution in [2.45, 2.75) is 26.9 Å². The molecule has 33 heavy (non-hydrogen) atoms. The summed E-state index contributed by atoms with van der Waals surface area (Å²) in [5, 5.41) is 8.46. The van der Waals surface area contributed by atoms with Gasteiger partial charge in [-0.25, -0.2) is 4.68 Å². The van der Waals surface area contributed by atoms with Crippen molar-refractivity contribution >= 4 is 22.6 Å². The molecule has 170 valence electrons. The third kappa shape index (κ3) is 4.45. The van der Waals surface area contributed by atoms with Gasteiger partial charge < -0.3 is 19.5 Å². The highest BCUT2D eigenvalue weighted by Crippen LogP contribution is 2.30. The molecule has 4 rings (SSSR count). The number of hydrogen-bond donors (Lipinski definition) is 1. The third-order valence-electron chi connectivity index (χ3n) is 5.32. The summed E-state index contributed by atoms with van der Waals surface area (Å²) >= 11 is 0. The van der Waals surface area contributed by atoms with Crippen LogP contribution in [0.3, 0.4) is 0 Å². The second-order valence-corrected chi connectivity index (χ2v) is 7.62. The van der Waals surface area contributed by atoms with Crippen LogP contribution in [-0.4, -0.2) is 41.0 Å². The van der Waals surface area contributed by atoms with Gasteiger partial charge in [0.2, 0.25) is 5.88 Å². The average Bonchev–Trinajstić information content (AvgIpc) is 3.16. The molecular weight excluding hydrogens is 420 g/mol. The van der Waals surface area contributed by atoms with Crippen LogP contribution in [0, 0.1) is 13.8 Å². The van der Waals surface area contributed by atoms with Crippen molar-refractivity contribution in [2.24, 2.45) is 0 Å². The van der Waals surface area contributed by atoms with Gasteiger partial charge in [-0.15, -0.1) is 0 Å². The van der Waals surface area contributed by atoms with Gasteiger partial charge in [0.15, 0.2) is 11.8 Å². The maximum absolute atomic E-state index is 12.8. The number of carbonyl (C=O) groups excluding carboxylic acids is 1. The molecule has 1 N–H and O–H groups in total. The van der Waals surface area contributed by atoms with E-state index in [9.17, 15) is 4.79 Å². The fourth-order valence-electron chi connectivity index (χ4n) is 3.65. The molecule has 1 atom stereocenters. The lowest BCUT2D eigenvalue weighted by atomic mass is 10.1. The Labute approximate surface area is 192 Å². The Hall–Kier alpha value is -4.07. The van der Waals surface area contributed by atoms with Crippen LogP contribution in [0.4, 0.5) is 5.69 Å². The van der Waals surface area contributed by atoms with Gasteiger partial charge in [-0.2, -0.15) is 10.1 Å². The van der Waals surface area contributed by atoms with E-state index in [4.69, 9.17) is 14.2 Å². The van der Waals surface area contributed by atoms with Crippen molar-refractivity contribution in [3.05, 3.63) is 65.9 Å². The number of carbonyl (C=O) groups is 1. The molecule has 0 fully saturated rings. The van der Waals surface area contributed by atoms with Gasteiger partial charge in [0.05, 0.1) is 31.3 Å². The summed E-state index contributed by atoms with van der Waals surface area (Å²) < 4.78 is 18.3. The van der Waals surface area contributed by atoms with Gasteiger partial charge >= 0.3 is 0 Å². The molecule has 0 aliphatic carbocycles. The monoisotopic (exact) mass is 446 g/mol. The molecule has 0 saturated heterocycles. The maximum Gasteiger partial charge on any atom is 0.265 e. The maximum atomic E-state index is 12.8. The predicted octanol–water partition coefficient (Wildman–Crippen LogP) is 4.46. The predicted molar refractivity (Wildman–Crippen MR) is 127 cm³/mol. The van der Waals surface area contributed by atoms with Gasteiger partial charge in [-0.05, 0) is 50.6 Å². The number of aromatic nitrogens is 3. The van der Waals surface area contributed by atoms with E-state index in [1.165, 1.54) is 7.11 Å². The van der Waals surface area contributed by atoms with Crippen molar-refractivity contribution in [3.63, 3.8) is 0 Å². The van der Waals surface area contributed by atoms with Crippen LogP contribution in [0.5, 0.6) is 17.4 Å². The number of benzene rings is 2. The smallest absolute Gasteiger partial charge is 0.265 e. The number of ether oxygens (including phenoxy) is 3. The zero-order valence-electron chi connectivity index (χ0n) is 19.2. The molecule has 0 spiro atoms. The number of aryl methyl sites for hydroxylation is 2. The fourth-order valence-corrected chi connectivity index (χ4v) is 3.65. The molecule has 0 aliphatic heterocycles. The molecule has 2 aromatic carbocycles. The minimum Gasteiger partial charge on any atom is -0.497 e. The standard InChI is InChI=1S/C25H26N4O4/c1-15-13-22(27-24-23(15)16(2)28-29(24)18-9-7-6-8-10-18)33-17(3)25(30)26-20-12-11-19(31-4)14-21(20)32-5/h6-14,17H,1-5H3,(H,26,30)/t17-/m0/s1. The van der Waals surface area contributed by atoms with E-state index in [1.807, 2.05) is 50.2 Å². The molecule has 0 saturated carbocycles. The zero-order chi connectivity index (χ0) is 23.5. The normalized spacial score (nSPS) is 11.8. The first-order chi connectivity index (χ1) is 15.9. The highest BCUT2D eigenvalue weighted by atomic mass is 16.5. The van der Waals surface area contributed by atoms with Gasteiger partial charge in [0, 0.05) is 17.5 Å². The van der Waals surface area contributed by atoms with Gasteiger partial charge in [0.1, 0.15) is 11.5 Å². The average molecular weight is 447 g/mol. The number of anilines is 1. The van der Waals surface area contributed by atoms with E-state index in [-0.39, 0.29) is 5.91 Å². The van der Waals surface area contributed by atoms with Crippen LogP contribution >= 0.6 is 0 Å². The molecule has 0 radical (unpaired) electrons. The summed E-state index contributed by atoms with van der Waals surface area (Å²) in [6.07, 6.45) is -0.796. The summed E-state index contributed by atoms with van der Waals surface area (Å²) in [5.74, 6) is 1.15. The van der Waals surface area contributed by atoms with Crippen LogP contribution in [0.1, 0.15) is 18.2 Å². The van der Waals surface area contributed by atoms with Crippen molar-refractivity contribution in [3.8, 4) is 23.1 Å². The first kappa shape index (κ1) is 22.1. The van der Waals surface area contributed by atoms with Crippen LogP contribution in [-0.2, 0) is 4.79 Å². The van der Waals surface area contributed by atoms with Gasteiger partial charge in [-0.3, -0.25) is 4.79 Å². The summed E-state index contributed by atoms with van der Waals surface area (Å²) in [4.78, 5) is 17.5. The molecule has 2 aromatic heterocycles. The first-order valence-electron chi connectivity index (χ1n) is 10.5. The molecule has 0 unspecified atom stereocenters. The molecule has 8 nitrogen and oxygen atoms in total. The summed E-state index contributed by atoms with van der Waals surface area (Å²) in [6, 6.07) is 16.8. The summed E-state index contributed by atoms with van der Waals surface area (Å²) in [7, 11) is 3.10. The Morgan fingerprint density at radius 1 is 1.03 bits per heavy atom. The number of methoxy groups -OCH3 is 2. The van der Waals surface area contributed by atoms with Crippen molar-refractivity contribution in [2.75, 3.05) is 19.5 Å². The Balaban J connectivity index is 1.59. The van der Waals surface area contributed by atoms with E-state index >= 15 is 0 Å².